The summed E-state index contributed by atoms with van der Waals surface area (Å²) in [5.41, 5.74) is 0.792. The molecule has 106 valence electrons. The average molecular weight is 298 g/mol. The maximum absolute atomic E-state index is 12.4. The minimum Gasteiger partial charge on any atom is -0.223 e. The Morgan fingerprint density at radius 2 is 1.70 bits per heavy atom. The van der Waals surface area contributed by atoms with Crippen LogP contribution in [0.25, 0.3) is 0 Å². The molecule has 2 rings (SSSR count). The van der Waals surface area contributed by atoms with Crippen molar-refractivity contribution in [3.8, 4) is 0 Å². The third-order valence-electron chi connectivity index (χ3n) is 2.68. The maximum Gasteiger partial charge on any atom is 0.263 e. The number of aromatic nitrogens is 2. The van der Waals surface area contributed by atoms with E-state index in [1.165, 1.54) is 12.1 Å². The Morgan fingerprint density at radius 1 is 1.05 bits per heavy atom. The molecular formula is C13H12F2N2O2S. The van der Waals surface area contributed by atoms with Crippen LogP contribution in [0.4, 0.5) is 8.78 Å². The second-order valence-corrected chi connectivity index (χ2v) is 6.28. The van der Waals surface area contributed by atoms with Crippen LogP contribution in [0.5, 0.6) is 0 Å². The van der Waals surface area contributed by atoms with Crippen LogP contribution in [0.1, 0.15) is 23.4 Å². The lowest BCUT2D eigenvalue weighted by Gasteiger charge is -2.05. The fraction of sp³-hybridized carbons (Fsp3) is 0.231. The van der Waals surface area contributed by atoms with Crippen molar-refractivity contribution in [2.75, 3.05) is 0 Å². The predicted molar refractivity (Wildman–Crippen MR) is 69.1 cm³/mol. The van der Waals surface area contributed by atoms with E-state index in [-0.39, 0.29) is 16.2 Å². The molecule has 20 heavy (non-hydrogen) atoms. The van der Waals surface area contributed by atoms with Crippen LogP contribution in [0.15, 0.2) is 41.3 Å². The summed E-state index contributed by atoms with van der Waals surface area (Å²) >= 11 is 0. The van der Waals surface area contributed by atoms with Crippen LogP contribution in [-0.4, -0.2) is 18.6 Å². The molecule has 0 saturated carbocycles. The quantitative estimate of drug-likeness (QED) is 0.870. The highest BCUT2D eigenvalue weighted by Gasteiger charge is 2.17. The van der Waals surface area contributed by atoms with Gasteiger partial charge in [-0.3, -0.25) is 0 Å². The Kier molecular flexibility index (Phi) is 4.08. The molecule has 4 nitrogen and oxygen atoms in total. The van der Waals surface area contributed by atoms with E-state index in [9.17, 15) is 17.2 Å². The van der Waals surface area contributed by atoms with Crippen LogP contribution in [0, 0.1) is 6.92 Å². The Hall–Kier alpha value is -1.89. The summed E-state index contributed by atoms with van der Waals surface area (Å²) in [6, 6.07) is 7.82. The van der Waals surface area contributed by atoms with E-state index in [4.69, 9.17) is 0 Å². The van der Waals surface area contributed by atoms with Crippen molar-refractivity contribution in [2.45, 2.75) is 24.0 Å². The fourth-order valence-electron chi connectivity index (χ4n) is 1.60. The molecule has 0 unspecified atom stereocenters. The SMILES string of the molecule is Cc1ccc(CS(=O)(=O)c2ccc(C(F)F)cc2)nn1. The molecule has 0 aliphatic heterocycles. The molecule has 0 fully saturated rings. The number of nitrogens with zero attached hydrogens (tertiary/aromatic N) is 2. The van der Waals surface area contributed by atoms with Gasteiger partial charge in [-0.25, -0.2) is 17.2 Å². The van der Waals surface area contributed by atoms with Crippen LogP contribution >= 0.6 is 0 Å². The molecule has 1 aromatic carbocycles. The third-order valence-corrected chi connectivity index (χ3v) is 4.35. The van der Waals surface area contributed by atoms with E-state index in [2.05, 4.69) is 10.2 Å². The first kappa shape index (κ1) is 14.5. The smallest absolute Gasteiger partial charge is 0.223 e. The standard InChI is InChI=1S/C13H12F2N2O2S/c1-9-2-5-11(17-16-9)8-20(18,19)12-6-3-10(4-7-12)13(14)15/h2-7,13H,8H2,1H3. The molecular weight excluding hydrogens is 286 g/mol. The van der Waals surface area contributed by atoms with Crippen LogP contribution in [0.3, 0.4) is 0 Å². The van der Waals surface area contributed by atoms with E-state index in [0.29, 0.717) is 11.4 Å². The number of sulfone groups is 1. The van der Waals surface area contributed by atoms with Gasteiger partial charge in [0.1, 0.15) is 0 Å². The largest absolute Gasteiger partial charge is 0.263 e. The number of halogens is 2. The van der Waals surface area contributed by atoms with Crippen molar-refractivity contribution in [1.82, 2.24) is 10.2 Å². The van der Waals surface area contributed by atoms with Crippen molar-refractivity contribution in [3.05, 3.63) is 53.3 Å². The van der Waals surface area contributed by atoms with Crippen molar-refractivity contribution in [1.29, 1.82) is 0 Å². The van der Waals surface area contributed by atoms with E-state index in [0.717, 1.165) is 12.1 Å². The summed E-state index contributed by atoms with van der Waals surface area (Å²) in [6.45, 7) is 1.74. The molecule has 0 aliphatic carbocycles. The molecule has 0 amide bonds. The zero-order valence-electron chi connectivity index (χ0n) is 10.6. The van der Waals surface area contributed by atoms with E-state index in [1.807, 2.05) is 0 Å². The monoisotopic (exact) mass is 298 g/mol. The average Bonchev–Trinajstić information content (AvgIpc) is 2.41. The number of benzene rings is 1. The van der Waals surface area contributed by atoms with Gasteiger partial charge in [-0.15, -0.1) is 0 Å². The maximum atomic E-state index is 12.4. The molecule has 0 radical (unpaired) electrons. The van der Waals surface area contributed by atoms with Crippen LogP contribution in [-0.2, 0) is 15.6 Å². The Bertz CT molecular complexity index is 683. The first-order valence-corrected chi connectivity index (χ1v) is 7.44. The predicted octanol–water partition coefficient (Wildman–Crippen LogP) is 2.70. The lowest BCUT2D eigenvalue weighted by Crippen LogP contribution is -2.07. The summed E-state index contributed by atoms with van der Waals surface area (Å²) in [7, 11) is -3.62. The summed E-state index contributed by atoms with van der Waals surface area (Å²) < 4.78 is 49.0. The number of alkyl halides is 2. The summed E-state index contributed by atoms with van der Waals surface area (Å²) in [4.78, 5) is -0.00993. The molecule has 0 spiro atoms. The van der Waals surface area contributed by atoms with Gasteiger partial charge in [0.25, 0.3) is 6.43 Å². The van der Waals surface area contributed by atoms with Crippen molar-refractivity contribution < 1.29 is 17.2 Å². The van der Waals surface area contributed by atoms with Crippen LogP contribution < -0.4 is 0 Å². The van der Waals surface area contributed by atoms with E-state index >= 15 is 0 Å². The van der Waals surface area contributed by atoms with Crippen LogP contribution in [0.2, 0.25) is 0 Å². The highest BCUT2D eigenvalue weighted by Crippen LogP contribution is 2.22. The van der Waals surface area contributed by atoms with Gasteiger partial charge in [-0.05, 0) is 31.2 Å². The molecule has 0 bridgehead atoms. The Balaban J connectivity index is 2.23. The van der Waals surface area contributed by atoms with Gasteiger partial charge in [0.2, 0.25) is 0 Å². The van der Waals surface area contributed by atoms with Crippen molar-refractivity contribution in [2.24, 2.45) is 0 Å². The molecule has 7 heteroatoms. The molecule has 0 N–H and O–H groups in total. The molecule has 0 atom stereocenters. The van der Waals surface area contributed by atoms with Gasteiger partial charge >= 0.3 is 0 Å². The first-order chi connectivity index (χ1) is 9.38. The second-order valence-electron chi connectivity index (χ2n) is 4.29. The van der Waals surface area contributed by atoms with E-state index in [1.54, 1.807) is 19.1 Å². The normalized spacial score (nSPS) is 11.8. The van der Waals surface area contributed by atoms with Gasteiger partial charge in [-0.2, -0.15) is 10.2 Å². The Labute approximate surface area is 115 Å². The van der Waals surface area contributed by atoms with Gasteiger partial charge < -0.3 is 0 Å². The molecule has 1 heterocycles. The minimum absolute atomic E-state index is 0.00993. The van der Waals surface area contributed by atoms with Gasteiger partial charge in [0.05, 0.1) is 22.0 Å². The topological polar surface area (TPSA) is 59.9 Å². The lowest BCUT2D eigenvalue weighted by molar-refractivity contribution is 0.151. The number of aryl methyl sites for hydroxylation is 1. The second kappa shape index (κ2) is 5.62. The Morgan fingerprint density at radius 3 is 2.20 bits per heavy atom. The van der Waals surface area contributed by atoms with Crippen molar-refractivity contribution >= 4 is 9.84 Å². The van der Waals surface area contributed by atoms with Gasteiger partial charge in [0, 0.05) is 5.56 Å². The fourth-order valence-corrected chi connectivity index (χ4v) is 2.86. The summed E-state index contributed by atoms with van der Waals surface area (Å²) in [6.07, 6.45) is -2.62. The zero-order valence-corrected chi connectivity index (χ0v) is 11.4. The number of hydrogen-bond acceptors (Lipinski definition) is 4. The third kappa shape index (κ3) is 3.36. The number of hydrogen-bond donors (Lipinski definition) is 0. The van der Waals surface area contributed by atoms with Crippen molar-refractivity contribution in [3.63, 3.8) is 0 Å². The van der Waals surface area contributed by atoms with Gasteiger partial charge in [0.15, 0.2) is 9.84 Å². The minimum atomic E-state index is -3.62. The number of rotatable bonds is 4. The summed E-state index contributed by atoms with van der Waals surface area (Å²) in [5, 5.41) is 7.57. The highest BCUT2D eigenvalue weighted by atomic mass is 32.2. The summed E-state index contributed by atoms with van der Waals surface area (Å²) in [5.74, 6) is -0.311. The molecule has 1 aromatic heterocycles. The molecule has 0 aliphatic rings. The molecule has 0 saturated heterocycles. The van der Waals surface area contributed by atoms with Gasteiger partial charge in [-0.1, -0.05) is 12.1 Å². The highest BCUT2D eigenvalue weighted by molar-refractivity contribution is 7.90. The zero-order chi connectivity index (χ0) is 14.8. The lowest BCUT2D eigenvalue weighted by atomic mass is 10.2. The first-order valence-electron chi connectivity index (χ1n) is 5.78. The molecule has 2 aromatic rings. The van der Waals surface area contributed by atoms with E-state index < -0.39 is 16.3 Å².